The molecule has 0 amide bonds. The average Bonchev–Trinajstić information content (AvgIpc) is 2.25. The van der Waals surface area contributed by atoms with E-state index < -0.39 is 0 Å². The molecule has 0 radical (unpaired) electrons. The van der Waals surface area contributed by atoms with Crippen LogP contribution in [0.15, 0.2) is 0 Å². The molecule has 0 heterocycles. The molecule has 3 nitrogen and oxygen atoms in total. The van der Waals surface area contributed by atoms with E-state index in [-0.39, 0.29) is 0 Å². The first-order valence-electron chi connectivity index (χ1n) is 6.70. The van der Waals surface area contributed by atoms with E-state index >= 15 is 0 Å². The third-order valence-corrected chi connectivity index (χ3v) is 2.64. The Kier molecular flexibility index (Phi) is 12.9. The number of hydrogen-bond acceptors (Lipinski definition) is 3. The molecular weight excluding hydrogens is 202 g/mol. The van der Waals surface area contributed by atoms with Crippen LogP contribution in [-0.2, 0) is 4.74 Å². The summed E-state index contributed by atoms with van der Waals surface area (Å²) in [6.07, 6.45) is 8.67. The molecule has 0 bridgehead atoms. The fourth-order valence-electron chi connectivity index (χ4n) is 1.64. The van der Waals surface area contributed by atoms with Crippen LogP contribution in [0.1, 0.15) is 58.8 Å². The van der Waals surface area contributed by atoms with Crippen molar-refractivity contribution in [1.29, 1.82) is 0 Å². The summed E-state index contributed by atoms with van der Waals surface area (Å²) in [5.41, 5.74) is 1.87. The van der Waals surface area contributed by atoms with Gasteiger partial charge in [-0.15, -0.1) is 0 Å². The van der Waals surface area contributed by atoms with E-state index in [1.54, 1.807) is 0 Å². The summed E-state index contributed by atoms with van der Waals surface area (Å²) >= 11 is 0. The lowest BCUT2D eigenvalue weighted by Gasteiger charge is -2.07. The van der Waals surface area contributed by atoms with Gasteiger partial charge in [-0.05, 0) is 25.3 Å². The lowest BCUT2D eigenvalue weighted by molar-refractivity contribution is 0.128. The topological polar surface area (TPSA) is 44.3 Å². The maximum atomic E-state index is 9.91. The molecule has 0 rings (SSSR count). The maximum Gasteiger partial charge on any atom is 0.0477 e. The first-order chi connectivity index (χ1) is 7.77. The minimum atomic E-state index is 0.509. The SMILES string of the molecule is CC(C)CCCCCCCOCCCN[O-]. The van der Waals surface area contributed by atoms with Gasteiger partial charge in [0.15, 0.2) is 0 Å². The zero-order valence-corrected chi connectivity index (χ0v) is 11.0. The molecule has 0 aromatic heterocycles. The van der Waals surface area contributed by atoms with Crippen molar-refractivity contribution in [2.45, 2.75) is 58.8 Å². The van der Waals surface area contributed by atoms with Crippen LogP contribution in [0.3, 0.4) is 0 Å². The van der Waals surface area contributed by atoms with Crippen molar-refractivity contribution in [1.82, 2.24) is 5.48 Å². The van der Waals surface area contributed by atoms with Gasteiger partial charge in [0.05, 0.1) is 0 Å². The molecule has 0 saturated carbocycles. The van der Waals surface area contributed by atoms with E-state index in [0.717, 1.165) is 25.4 Å². The summed E-state index contributed by atoms with van der Waals surface area (Å²) < 4.78 is 5.40. The molecule has 3 heteroatoms. The molecule has 0 aliphatic heterocycles. The summed E-state index contributed by atoms with van der Waals surface area (Å²) in [6.45, 7) is 6.63. The summed E-state index contributed by atoms with van der Waals surface area (Å²) in [6, 6.07) is 0. The Balaban J connectivity index is 2.88. The van der Waals surface area contributed by atoms with Crippen molar-refractivity contribution in [3.63, 3.8) is 0 Å². The van der Waals surface area contributed by atoms with Gasteiger partial charge in [-0.25, -0.2) is 0 Å². The van der Waals surface area contributed by atoms with Gasteiger partial charge in [0.1, 0.15) is 0 Å². The third kappa shape index (κ3) is 13.9. The van der Waals surface area contributed by atoms with E-state index in [0.29, 0.717) is 13.2 Å². The Morgan fingerprint density at radius 3 is 2.25 bits per heavy atom. The van der Waals surface area contributed by atoms with Crippen molar-refractivity contribution in [2.24, 2.45) is 5.92 Å². The van der Waals surface area contributed by atoms with Crippen LogP contribution in [-0.4, -0.2) is 19.8 Å². The highest BCUT2D eigenvalue weighted by molar-refractivity contribution is 4.49. The lowest BCUT2D eigenvalue weighted by Crippen LogP contribution is -2.08. The molecule has 0 unspecified atom stereocenters. The highest BCUT2D eigenvalue weighted by Gasteiger charge is 1.94. The van der Waals surface area contributed by atoms with Gasteiger partial charge in [-0.1, -0.05) is 46.0 Å². The van der Waals surface area contributed by atoms with E-state index in [2.05, 4.69) is 13.8 Å². The van der Waals surface area contributed by atoms with Crippen LogP contribution >= 0.6 is 0 Å². The van der Waals surface area contributed by atoms with Gasteiger partial charge in [0.25, 0.3) is 0 Å². The average molecular weight is 230 g/mol. The van der Waals surface area contributed by atoms with Crippen molar-refractivity contribution in [2.75, 3.05) is 19.8 Å². The van der Waals surface area contributed by atoms with E-state index in [4.69, 9.17) is 4.74 Å². The minimum Gasteiger partial charge on any atom is -0.788 e. The number of hydrogen-bond donors (Lipinski definition) is 1. The number of unbranched alkanes of at least 4 members (excludes halogenated alkanes) is 4. The monoisotopic (exact) mass is 230 g/mol. The first-order valence-corrected chi connectivity index (χ1v) is 6.70. The second-order valence-corrected chi connectivity index (χ2v) is 4.81. The van der Waals surface area contributed by atoms with E-state index in [1.165, 1.54) is 32.1 Å². The van der Waals surface area contributed by atoms with Crippen LogP contribution in [0, 0.1) is 11.1 Å². The summed E-state index contributed by atoms with van der Waals surface area (Å²) in [5.74, 6) is 0.845. The molecule has 0 spiro atoms. The lowest BCUT2D eigenvalue weighted by atomic mass is 10.0. The van der Waals surface area contributed by atoms with Crippen LogP contribution in [0.4, 0.5) is 0 Å². The number of ether oxygens (including phenoxy) is 1. The van der Waals surface area contributed by atoms with Gasteiger partial charge >= 0.3 is 0 Å². The Hall–Kier alpha value is -0.120. The highest BCUT2D eigenvalue weighted by atomic mass is 16.5. The summed E-state index contributed by atoms with van der Waals surface area (Å²) in [4.78, 5) is 0. The normalized spacial score (nSPS) is 11.2. The van der Waals surface area contributed by atoms with Gasteiger partial charge < -0.3 is 15.4 Å². The fourth-order valence-corrected chi connectivity index (χ4v) is 1.64. The minimum absolute atomic E-state index is 0.509. The molecule has 0 aliphatic carbocycles. The maximum absolute atomic E-state index is 9.91. The molecule has 98 valence electrons. The first kappa shape index (κ1) is 15.9. The van der Waals surface area contributed by atoms with Crippen molar-refractivity contribution < 1.29 is 4.74 Å². The van der Waals surface area contributed by atoms with Crippen LogP contribution in [0.25, 0.3) is 0 Å². The second-order valence-electron chi connectivity index (χ2n) is 4.81. The zero-order chi connectivity index (χ0) is 12.1. The van der Waals surface area contributed by atoms with Gasteiger partial charge in [-0.3, -0.25) is 0 Å². The molecule has 0 atom stereocenters. The van der Waals surface area contributed by atoms with Crippen molar-refractivity contribution in [3.05, 3.63) is 5.21 Å². The molecule has 0 aromatic rings. The molecule has 0 aromatic carbocycles. The molecule has 0 saturated heterocycles. The van der Waals surface area contributed by atoms with Crippen molar-refractivity contribution >= 4 is 0 Å². The Bertz CT molecular complexity index is 129. The highest BCUT2D eigenvalue weighted by Crippen LogP contribution is 2.10. The molecule has 0 fully saturated rings. The Morgan fingerprint density at radius 1 is 0.938 bits per heavy atom. The molecule has 0 aliphatic rings. The Labute approximate surface area is 101 Å². The van der Waals surface area contributed by atoms with Crippen LogP contribution < -0.4 is 5.48 Å². The van der Waals surface area contributed by atoms with Crippen LogP contribution in [0.5, 0.6) is 0 Å². The molecule has 16 heavy (non-hydrogen) atoms. The molecular formula is C13H28NO2-. The number of rotatable bonds is 12. The largest absolute Gasteiger partial charge is 0.788 e. The predicted octanol–water partition coefficient (Wildman–Crippen LogP) is 3.48. The predicted molar refractivity (Wildman–Crippen MR) is 69.3 cm³/mol. The fraction of sp³-hybridized carbons (Fsp3) is 1.00. The number of nitrogens with one attached hydrogen (secondary N) is 1. The van der Waals surface area contributed by atoms with E-state index in [1.807, 2.05) is 5.48 Å². The standard InChI is InChI=1S/C13H28NO2/c1-13(2)9-6-4-3-5-7-11-16-12-8-10-14-15/h13-14H,3-12H2,1-2H3/q-1. The van der Waals surface area contributed by atoms with Crippen molar-refractivity contribution in [3.8, 4) is 0 Å². The smallest absolute Gasteiger partial charge is 0.0477 e. The molecule has 1 N–H and O–H groups in total. The van der Waals surface area contributed by atoms with Gasteiger partial charge in [0, 0.05) is 13.2 Å². The number of hydroxylamine groups is 1. The van der Waals surface area contributed by atoms with Crippen LogP contribution in [0.2, 0.25) is 0 Å². The van der Waals surface area contributed by atoms with Gasteiger partial charge in [-0.2, -0.15) is 0 Å². The summed E-state index contributed by atoms with van der Waals surface area (Å²) in [7, 11) is 0. The van der Waals surface area contributed by atoms with Gasteiger partial charge in [0.2, 0.25) is 0 Å². The second kappa shape index (κ2) is 12.9. The zero-order valence-electron chi connectivity index (χ0n) is 11.0. The Morgan fingerprint density at radius 2 is 1.56 bits per heavy atom. The van der Waals surface area contributed by atoms with E-state index in [9.17, 15) is 5.21 Å². The summed E-state index contributed by atoms with van der Waals surface area (Å²) in [5, 5.41) is 9.91. The third-order valence-electron chi connectivity index (χ3n) is 2.64. The quantitative estimate of drug-likeness (QED) is 0.412.